The van der Waals surface area contributed by atoms with Crippen LogP contribution in [0.15, 0.2) is 24.3 Å². The lowest BCUT2D eigenvalue weighted by Gasteiger charge is -2.41. The molecular formula is C34H38ClF2N5O5. The maximum atomic E-state index is 17.0. The van der Waals surface area contributed by atoms with Gasteiger partial charge in [-0.3, -0.25) is 9.80 Å². The number of aromatic nitrogens is 2. The Balaban J connectivity index is 1.22. The van der Waals surface area contributed by atoms with E-state index in [1.165, 1.54) is 12.0 Å². The Kier molecular flexibility index (Phi) is 7.60. The van der Waals surface area contributed by atoms with E-state index >= 15 is 4.39 Å². The molecule has 5 fully saturated rings. The monoisotopic (exact) mass is 669 g/mol. The Morgan fingerprint density at radius 3 is 2.68 bits per heavy atom. The van der Waals surface area contributed by atoms with Crippen molar-refractivity contribution in [3.63, 3.8) is 0 Å². The molecule has 1 spiro atoms. The predicted molar refractivity (Wildman–Crippen MR) is 172 cm³/mol. The SMILES string of the molecule is COCOc1cc(Cl)c(C2CC2)c(-c2ccc3c(N4CCN(C(=O)O)C5(CC5)C4)nc(OC[C@@]45CCCN4C[C@H](F)C5)nc3c2F)c1. The van der Waals surface area contributed by atoms with Gasteiger partial charge in [-0.25, -0.2) is 13.6 Å². The Hall–Kier alpha value is -3.48. The van der Waals surface area contributed by atoms with Crippen LogP contribution in [0.5, 0.6) is 11.8 Å². The molecule has 2 saturated carbocycles. The van der Waals surface area contributed by atoms with Crippen molar-refractivity contribution in [1.82, 2.24) is 19.8 Å². The molecule has 3 aromatic rings. The summed E-state index contributed by atoms with van der Waals surface area (Å²) in [5, 5.41) is 10.9. The number of carboxylic acid groups (broad SMARTS) is 1. The summed E-state index contributed by atoms with van der Waals surface area (Å²) in [6, 6.07) is 7.12. The second-order valence-corrected chi connectivity index (χ2v) is 14.2. The topological polar surface area (TPSA) is 100 Å². The van der Waals surface area contributed by atoms with Crippen LogP contribution in [0.1, 0.15) is 56.4 Å². The number of carbonyl (C=O) groups is 1. The highest BCUT2D eigenvalue weighted by Crippen LogP contribution is 2.50. The molecule has 5 aliphatic rings. The molecule has 0 bridgehead atoms. The van der Waals surface area contributed by atoms with E-state index in [2.05, 4.69) is 9.88 Å². The minimum atomic E-state index is -0.931. The van der Waals surface area contributed by atoms with E-state index in [9.17, 15) is 14.3 Å². The number of fused-ring (bicyclic) bond motifs is 2. The third-order valence-corrected chi connectivity index (χ3v) is 11.0. The number of ether oxygens (including phenoxy) is 3. The fourth-order valence-electron chi connectivity index (χ4n) is 8.13. The number of rotatable bonds is 9. The van der Waals surface area contributed by atoms with Crippen LogP contribution in [0.2, 0.25) is 5.02 Å². The second-order valence-electron chi connectivity index (χ2n) is 13.8. The Labute approximate surface area is 276 Å². The van der Waals surface area contributed by atoms with Crippen LogP contribution >= 0.6 is 11.6 Å². The Bertz CT molecular complexity index is 1740. The smallest absolute Gasteiger partial charge is 0.407 e. The van der Waals surface area contributed by atoms with Crippen molar-refractivity contribution in [2.45, 2.75) is 68.1 Å². The molecule has 1 N–H and O–H groups in total. The molecule has 3 aliphatic heterocycles. The van der Waals surface area contributed by atoms with Crippen LogP contribution in [0.4, 0.5) is 19.4 Å². The molecule has 2 aliphatic carbocycles. The molecule has 0 unspecified atom stereocenters. The number of hydrogen-bond donors (Lipinski definition) is 1. The summed E-state index contributed by atoms with van der Waals surface area (Å²) in [4.78, 5) is 27.2. The minimum Gasteiger partial charge on any atom is -0.467 e. The molecule has 1 amide bonds. The highest BCUT2D eigenvalue weighted by Gasteiger charge is 2.54. The zero-order valence-electron chi connectivity index (χ0n) is 26.3. The number of hydrogen-bond acceptors (Lipinski definition) is 8. The first kappa shape index (κ1) is 30.8. The normalized spacial score (nSPS) is 25.1. The van der Waals surface area contributed by atoms with E-state index < -0.39 is 29.2 Å². The molecule has 2 atom stereocenters. The van der Waals surface area contributed by atoms with Crippen LogP contribution in [0, 0.1) is 5.82 Å². The van der Waals surface area contributed by atoms with Crippen molar-refractivity contribution in [2.24, 2.45) is 0 Å². The lowest BCUT2D eigenvalue weighted by molar-refractivity contribution is 0.0511. The number of alkyl halides is 1. The highest BCUT2D eigenvalue weighted by atomic mass is 35.5. The van der Waals surface area contributed by atoms with E-state index in [0.717, 1.165) is 50.6 Å². The van der Waals surface area contributed by atoms with Crippen LogP contribution in [-0.4, -0.2) is 101 Å². The van der Waals surface area contributed by atoms with E-state index in [0.29, 0.717) is 65.7 Å². The van der Waals surface area contributed by atoms with Crippen molar-refractivity contribution < 1.29 is 32.9 Å². The van der Waals surface area contributed by atoms with Gasteiger partial charge in [0, 0.05) is 55.7 Å². The fraction of sp³-hybridized carbons (Fsp3) is 0.559. The maximum Gasteiger partial charge on any atom is 0.407 e. The lowest BCUT2D eigenvalue weighted by atomic mass is 9.94. The summed E-state index contributed by atoms with van der Waals surface area (Å²) in [5.41, 5.74) is 1.05. The number of anilines is 1. The molecule has 1 aromatic heterocycles. The number of piperazine rings is 1. The highest BCUT2D eigenvalue weighted by molar-refractivity contribution is 6.32. The second kappa shape index (κ2) is 11.6. The summed E-state index contributed by atoms with van der Waals surface area (Å²) >= 11 is 6.77. The molecule has 8 rings (SSSR count). The number of methoxy groups -OCH3 is 1. The first-order chi connectivity index (χ1) is 22.7. The Morgan fingerprint density at radius 1 is 1.11 bits per heavy atom. The third-order valence-electron chi connectivity index (χ3n) is 10.7. The zero-order chi connectivity index (χ0) is 32.5. The van der Waals surface area contributed by atoms with Gasteiger partial charge in [-0.2, -0.15) is 9.97 Å². The maximum absolute atomic E-state index is 17.0. The molecule has 4 heterocycles. The molecule has 10 nitrogen and oxygen atoms in total. The van der Waals surface area contributed by atoms with Gasteiger partial charge in [0.25, 0.3) is 0 Å². The predicted octanol–water partition coefficient (Wildman–Crippen LogP) is 6.24. The molecule has 0 radical (unpaired) electrons. The van der Waals surface area contributed by atoms with Crippen LogP contribution in [0.25, 0.3) is 22.0 Å². The van der Waals surface area contributed by atoms with Gasteiger partial charge < -0.3 is 24.2 Å². The van der Waals surface area contributed by atoms with Crippen molar-refractivity contribution in [2.75, 3.05) is 58.1 Å². The summed E-state index contributed by atoms with van der Waals surface area (Å²) in [5.74, 6) is 0.661. The third kappa shape index (κ3) is 5.42. The number of nitrogens with zero attached hydrogens (tertiary/aromatic N) is 5. The van der Waals surface area contributed by atoms with Gasteiger partial charge in [0.05, 0.1) is 11.1 Å². The minimum absolute atomic E-state index is 0.0226. The molecule has 3 saturated heterocycles. The number of halogens is 3. The largest absolute Gasteiger partial charge is 0.467 e. The van der Waals surface area contributed by atoms with Crippen LogP contribution < -0.4 is 14.4 Å². The molecule has 13 heteroatoms. The van der Waals surface area contributed by atoms with Gasteiger partial charge in [0.1, 0.15) is 29.9 Å². The van der Waals surface area contributed by atoms with Gasteiger partial charge in [0.15, 0.2) is 12.6 Å². The van der Waals surface area contributed by atoms with Gasteiger partial charge >= 0.3 is 12.1 Å². The van der Waals surface area contributed by atoms with Crippen molar-refractivity contribution >= 4 is 34.4 Å². The number of amides is 1. The fourth-order valence-corrected chi connectivity index (χ4v) is 8.49. The van der Waals surface area contributed by atoms with Crippen molar-refractivity contribution in [1.29, 1.82) is 0 Å². The van der Waals surface area contributed by atoms with Crippen molar-refractivity contribution in [3.05, 3.63) is 40.7 Å². The first-order valence-electron chi connectivity index (χ1n) is 16.4. The molecule has 2 aromatic carbocycles. The van der Waals surface area contributed by atoms with Gasteiger partial charge in [0.2, 0.25) is 0 Å². The zero-order valence-corrected chi connectivity index (χ0v) is 27.1. The van der Waals surface area contributed by atoms with Crippen LogP contribution in [-0.2, 0) is 4.74 Å². The van der Waals surface area contributed by atoms with Gasteiger partial charge in [-0.1, -0.05) is 17.7 Å². The standard InChI is InChI=1S/C34H38ClF2N5O5/c1-45-19-47-22-13-25(27(20-3-4-20)26(35)14-22)23-5-6-24-29(28(23)37)38-31(46-18-34-7-2-10-41(34)16-21(36)15-34)39-30(24)40-11-12-42(32(43)44)33(17-40)8-9-33/h5-6,13-14,20-21H,2-4,7-12,15-19H2,1H3,(H,43,44)/t21-,34+/m1/s1. The summed E-state index contributed by atoms with van der Waals surface area (Å²) < 4.78 is 48.6. The van der Waals surface area contributed by atoms with E-state index in [1.807, 2.05) is 11.0 Å². The molecule has 250 valence electrons. The lowest BCUT2D eigenvalue weighted by Crippen LogP contribution is -2.57. The summed E-state index contributed by atoms with van der Waals surface area (Å²) in [7, 11) is 1.53. The van der Waals surface area contributed by atoms with Gasteiger partial charge in [-0.15, -0.1) is 0 Å². The average Bonchev–Trinajstić information content (AvgIpc) is 3.96. The average molecular weight is 670 g/mol. The molecular weight excluding hydrogens is 632 g/mol. The van der Waals surface area contributed by atoms with E-state index in [4.69, 9.17) is 30.8 Å². The number of benzene rings is 2. The summed E-state index contributed by atoms with van der Waals surface area (Å²) in [6.45, 7) is 2.58. The first-order valence-corrected chi connectivity index (χ1v) is 16.8. The Morgan fingerprint density at radius 2 is 1.94 bits per heavy atom. The van der Waals surface area contributed by atoms with E-state index in [1.54, 1.807) is 18.2 Å². The van der Waals surface area contributed by atoms with Crippen molar-refractivity contribution in [3.8, 4) is 22.9 Å². The van der Waals surface area contributed by atoms with E-state index in [-0.39, 0.29) is 30.8 Å². The summed E-state index contributed by atoms with van der Waals surface area (Å²) in [6.07, 6.45) is 3.77. The van der Waals surface area contributed by atoms with Crippen LogP contribution in [0.3, 0.4) is 0 Å². The quantitative estimate of drug-likeness (QED) is 0.266. The molecule has 47 heavy (non-hydrogen) atoms. The van der Waals surface area contributed by atoms with Gasteiger partial charge in [-0.05, 0) is 80.3 Å².